The van der Waals surface area contributed by atoms with Crippen LogP contribution in [0.1, 0.15) is 26.7 Å². The van der Waals surface area contributed by atoms with Crippen LogP contribution in [0.3, 0.4) is 0 Å². The van der Waals surface area contributed by atoms with E-state index in [0.29, 0.717) is 6.42 Å². The number of hydrogen-bond acceptors (Lipinski definition) is 3. The molecule has 0 aliphatic carbocycles. The first-order chi connectivity index (χ1) is 6.10. The van der Waals surface area contributed by atoms with Crippen LogP contribution in [0.2, 0.25) is 0 Å². The monoisotopic (exact) mass is 204 g/mol. The van der Waals surface area contributed by atoms with Crippen molar-refractivity contribution in [1.29, 1.82) is 0 Å². The number of carbonyl (C=O) groups is 1. The molecule has 4 heteroatoms. The predicted octanol–water partition coefficient (Wildman–Crippen LogP) is 0.981. The minimum absolute atomic E-state index is 0.00137. The van der Waals surface area contributed by atoms with Crippen LogP contribution in [0.5, 0.6) is 0 Å². The Balaban J connectivity index is 3.61. The van der Waals surface area contributed by atoms with E-state index in [1.165, 1.54) is 0 Å². The summed E-state index contributed by atoms with van der Waals surface area (Å²) in [5, 5.41) is 2.91. The van der Waals surface area contributed by atoms with Gasteiger partial charge in [-0.25, -0.2) is 0 Å². The van der Waals surface area contributed by atoms with Crippen molar-refractivity contribution >= 4 is 17.7 Å². The van der Waals surface area contributed by atoms with Gasteiger partial charge in [0.15, 0.2) is 0 Å². The van der Waals surface area contributed by atoms with Gasteiger partial charge in [-0.15, -0.1) is 0 Å². The van der Waals surface area contributed by atoms with Crippen LogP contribution in [0.15, 0.2) is 0 Å². The molecule has 0 aliphatic heterocycles. The first kappa shape index (κ1) is 12.8. The van der Waals surface area contributed by atoms with Crippen molar-refractivity contribution in [2.24, 2.45) is 5.73 Å². The van der Waals surface area contributed by atoms with E-state index in [-0.39, 0.29) is 18.0 Å². The standard InChI is InChI=1S/C9H20N2OS/c1-4-8(10)5-9(12)11-7(2)6-13-3/h7-8H,4-6,10H2,1-3H3,(H,11,12). The summed E-state index contributed by atoms with van der Waals surface area (Å²) < 4.78 is 0. The molecule has 0 aliphatic rings. The Morgan fingerprint density at radius 3 is 2.69 bits per heavy atom. The average Bonchev–Trinajstić information content (AvgIpc) is 2.04. The summed E-state index contributed by atoms with van der Waals surface area (Å²) in [6, 6.07) is 0.244. The molecule has 13 heavy (non-hydrogen) atoms. The van der Waals surface area contributed by atoms with Crippen LogP contribution in [0.25, 0.3) is 0 Å². The summed E-state index contributed by atoms with van der Waals surface area (Å²) >= 11 is 1.73. The van der Waals surface area contributed by atoms with Gasteiger partial charge in [0.25, 0.3) is 0 Å². The lowest BCUT2D eigenvalue weighted by Crippen LogP contribution is -2.37. The van der Waals surface area contributed by atoms with Crippen LogP contribution < -0.4 is 11.1 Å². The maximum absolute atomic E-state index is 11.3. The van der Waals surface area contributed by atoms with Crippen molar-refractivity contribution in [2.75, 3.05) is 12.0 Å². The topological polar surface area (TPSA) is 55.1 Å². The summed E-state index contributed by atoms with van der Waals surface area (Å²) in [7, 11) is 0. The zero-order valence-electron chi connectivity index (χ0n) is 8.67. The van der Waals surface area contributed by atoms with Gasteiger partial charge in [0.1, 0.15) is 0 Å². The fraction of sp³-hybridized carbons (Fsp3) is 0.889. The minimum Gasteiger partial charge on any atom is -0.353 e. The second kappa shape index (κ2) is 7.21. The molecule has 3 nitrogen and oxygen atoms in total. The molecule has 2 atom stereocenters. The van der Waals surface area contributed by atoms with Crippen LogP contribution >= 0.6 is 11.8 Å². The molecule has 0 aromatic rings. The summed E-state index contributed by atoms with van der Waals surface area (Å²) in [5.41, 5.74) is 5.66. The highest BCUT2D eigenvalue weighted by molar-refractivity contribution is 7.98. The van der Waals surface area contributed by atoms with Gasteiger partial charge in [-0.2, -0.15) is 11.8 Å². The lowest BCUT2D eigenvalue weighted by Gasteiger charge is -2.14. The average molecular weight is 204 g/mol. The first-order valence-corrected chi connectivity index (χ1v) is 6.03. The van der Waals surface area contributed by atoms with Crippen molar-refractivity contribution in [3.05, 3.63) is 0 Å². The fourth-order valence-corrected chi connectivity index (χ4v) is 1.59. The highest BCUT2D eigenvalue weighted by Crippen LogP contribution is 1.98. The molecule has 1 amide bonds. The van der Waals surface area contributed by atoms with Gasteiger partial charge in [0, 0.05) is 24.3 Å². The lowest BCUT2D eigenvalue weighted by atomic mass is 10.1. The van der Waals surface area contributed by atoms with E-state index in [4.69, 9.17) is 5.73 Å². The first-order valence-electron chi connectivity index (χ1n) is 4.64. The van der Waals surface area contributed by atoms with Crippen LogP contribution in [0.4, 0.5) is 0 Å². The van der Waals surface area contributed by atoms with E-state index in [9.17, 15) is 4.79 Å². The van der Waals surface area contributed by atoms with E-state index in [0.717, 1.165) is 12.2 Å². The molecule has 0 radical (unpaired) electrons. The Morgan fingerprint density at radius 1 is 1.62 bits per heavy atom. The Bertz CT molecular complexity index is 153. The molecule has 0 saturated heterocycles. The summed E-state index contributed by atoms with van der Waals surface area (Å²) in [5.74, 6) is 1.02. The molecular formula is C9H20N2OS. The van der Waals surface area contributed by atoms with Crippen molar-refractivity contribution < 1.29 is 4.79 Å². The summed E-state index contributed by atoms with van der Waals surface area (Å²) in [4.78, 5) is 11.3. The second-order valence-electron chi connectivity index (χ2n) is 3.30. The number of rotatable bonds is 6. The number of nitrogens with one attached hydrogen (secondary N) is 1. The van der Waals surface area contributed by atoms with Crippen LogP contribution in [-0.2, 0) is 4.79 Å². The zero-order valence-corrected chi connectivity index (χ0v) is 9.49. The molecule has 0 rings (SSSR count). The van der Waals surface area contributed by atoms with E-state index in [1.54, 1.807) is 11.8 Å². The molecule has 0 aromatic carbocycles. The number of hydrogen-bond donors (Lipinski definition) is 2. The van der Waals surface area contributed by atoms with E-state index in [2.05, 4.69) is 5.32 Å². The molecule has 0 saturated carbocycles. The normalized spacial score (nSPS) is 15.1. The Labute approximate surface area is 84.8 Å². The second-order valence-corrected chi connectivity index (χ2v) is 4.21. The van der Waals surface area contributed by atoms with E-state index < -0.39 is 0 Å². The van der Waals surface area contributed by atoms with E-state index in [1.807, 2.05) is 20.1 Å². The third-order valence-electron chi connectivity index (χ3n) is 1.80. The Morgan fingerprint density at radius 2 is 2.23 bits per heavy atom. The highest BCUT2D eigenvalue weighted by Gasteiger charge is 2.09. The van der Waals surface area contributed by atoms with Gasteiger partial charge in [-0.3, -0.25) is 4.79 Å². The lowest BCUT2D eigenvalue weighted by molar-refractivity contribution is -0.121. The van der Waals surface area contributed by atoms with Gasteiger partial charge in [0.2, 0.25) is 5.91 Å². The summed E-state index contributed by atoms with van der Waals surface area (Å²) in [6.07, 6.45) is 3.32. The maximum Gasteiger partial charge on any atom is 0.221 e. The maximum atomic E-state index is 11.3. The minimum atomic E-state index is 0.00137. The van der Waals surface area contributed by atoms with Crippen molar-refractivity contribution in [3.63, 3.8) is 0 Å². The smallest absolute Gasteiger partial charge is 0.221 e. The zero-order chi connectivity index (χ0) is 10.3. The summed E-state index contributed by atoms with van der Waals surface area (Å²) in [6.45, 7) is 4.00. The number of thioether (sulfide) groups is 1. The molecule has 0 spiro atoms. The number of carbonyl (C=O) groups excluding carboxylic acids is 1. The third kappa shape index (κ3) is 6.90. The van der Waals surface area contributed by atoms with Crippen molar-refractivity contribution in [3.8, 4) is 0 Å². The molecule has 2 unspecified atom stereocenters. The molecular weight excluding hydrogens is 184 g/mol. The molecule has 0 aromatic heterocycles. The molecule has 78 valence electrons. The van der Waals surface area contributed by atoms with Crippen molar-refractivity contribution in [1.82, 2.24) is 5.32 Å². The van der Waals surface area contributed by atoms with Crippen LogP contribution in [0, 0.1) is 0 Å². The molecule has 3 N–H and O–H groups in total. The fourth-order valence-electron chi connectivity index (χ4n) is 1.01. The molecule has 0 bridgehead atoms. The number of amides is 1. The Hall–Kier alpha value is -0.220. The highest BCUT2D eigenvalue weighted by atomic mass is 32.2. The van der Waals surface area contributed by atoms with Gasteiger partial charge < -0.3 is 11.1 Å². The predicted molar refractivity (Wildman–Crippen MR) is 58.9 cm³/mol. The SMILES string of the molecule is CCC(N)CC(=O)NC(C)CSC. The molecule has 0 heterocycles. The van der Waals surface area contributed by atoms with Gasteiger partial charge in [0.05, 0.1) is 0 Å². The van der Waals surface area contributed by atoms with E-state index >= 15 is 0 Å². The van der Waals surface area contributed by atoms with Crippen LogP contribution in [-0.4, -0.2) is 30.0 Å². The molecule has 0 fully saturated rings. The Kier molecular flexibility index (Phi) is 7.09. The largest absolute Gasteiger partial charge is 0.353 e. The third-order valence-corrected chi connectivity index (χ3v) is 2.63. The van der Waals surface area contributed by atoms with Gasteiger partial charge >= 0.3 is 0 Å². The number of nitrogens with two attached hydrogens (primary N) is 1. The quantitative estimate of drug-likeness (QED) is 0.678. The van der Waals surface area contributed by atoms with Gasteiger partial charge in [-0.1, -0.05) is 6.92 Å². The van der Waals surface area contributed by atoms with Gasteiger partial charge in [-0.05, 0) is 19.6 Å². The van der Waals surface area contributed by atoms with Crippen molar-refractivity contribution in [2.45, 2.75) is 38.8 Å².